The summed E-state index contributed by atoms with van der Waals surface area (Å²) in [5.41, 5.74) is 2.34. The van der Waals surface area contributed by atoms with E-state index in [0.717, 1.165) is 62.4 Å². The first kappa shape index (κ1) is 24.8. The second kappa shape index (κ2) is 9.54. The van der Waals surface area contributed by atoms with Crippen LogP contribution >= 0.6 is 0 Å². The normalized spacial score (nSPS) is 45.4. The van der Waals surface area contributed by atoms with Crippen molar-refractivity contribution in [2.75, 3.05) is 19.7 Å². The maximum atomic E-state index is 13.0. The highest BCUT2D eigenvalue weighted by Crippen LogP contribution is 2.67. The van der Waals surface area contributed by atoms with Gasteiger partial charge in [-0.05, 0) is 112 Å². The zero-order valence-corrected chi connectivity index (χ0v) is 22.2. The van der Waals surface area contributed by atoms with Gasteiger partial charge in [-0.15, -0.1) is 0 Å². The van der Waals surface area contributed by atoms with Crippen molar-refractivity contribution >= 4 is 5.91 Å². The monoisotopic (exact) mass is 471 g/mol. The van der Waals surface area contributed by atoms with Gasteiger partial charge in [0.25, 0.3) is 0 Å². The van der Waals surface area contributed by atoms with E-state index in [2.05, 4.69) is 33.8 Å². The van der Waals surface area contributed by atoms with Crippen molar-refractivity contribution in [1.29, 1.82) is 0 Å². The van der Waals surface area contributed by atoms with Crippen LogP contribution in [-0.4, -0.2) is 47.8 Å². The molecule has 0 aromatic rings. The van der Waals surface area contributed by atoms with Crippen LogP contribution in [0.5, 0.6) is 0 Å². The number of carbonyl (C=O) groups excluding carboxylic acids is 1. The number of fused-ring (bicyclic) bond motifs is 5. The molecule has 5 rings (SSSR count). The van der Waals surface area contributed by atoms with E-state index < -0.39 is 0 Å². The van der Waals surface area contributed by atoms with Crippen LogP contribution in [0.1, 0.15) is 98.3 Å². The quantitative estimate of drug-likeness (QED) is 0.513. The second-order valence-electron chi connectivity index (χ2n) is 13.3. The Bertz CT molecular complexity index is 794. The van der Waals surface area contributed by atoms with Crippen LogP contribution in [0.3, 0.4) is 0 Å². The van der Waals surface area contributed by atoms with Crippen LogP contribution < -0.4 is 0 Å². The van der Waals surface area contributed by atoms with Gasteiger partial charge >= 0.3 is 0 Å². The van der Waals surface area contributed by atoms with Gasteiger partial charge in [0.05, 0.1) is 18.8 Å². The molecule has 1 unspecified atom stereocenters. The van der Waals surface area contributed by atoms with Crippen molar-refractivity contribution < 1.29 is 14.6 Å². The standard InChI is InChI=1S/C30H49NO3/c1-20(5-10-28(33)31-16-13-21(2)34-18-17-31)25-8-9-26-24-7-6-22-19-23(32)11-14-29(22,3)27(24)12-15-30(25,26)4/h6,20-21,23-27,32H,5,7-19H2,1-4H3/t20?,21-,23+,24+,25-,26+,27+,29+,30-/m1/s1. The molecular weight excluding hydrogens is 422 g/mol. The average Bonchev–Trinajstić information content (AvgIpc) is 3.02. The molecule has 4 aliphatic carbocycles. The van der Waals surface area contributed by atoms with Gasteiger partial charge in [-0.3, -0.25) is 4.79 Å². The molecular formula is C30H49NO3. The minimum absolute atomic E-state index is 0.116. The van der Waals surface area contributed by atoms with E-state index in [-0.39, 0.29) is 12.2 Å². The number of allylic oxidation sites excluding steroid dienone is 1. The van der Waals surface area contributed by atoms with Crippen LogP contribution in [0.2, 0.25) is 0 Å². The van der Waals surface area contributed by atoms with Gasteiger partial charge in [0.1, 0.15) is 0 Å². The van der Waals surface area contributed by atoms with Crippen molar-refractivity contribution in [2.45, 2.75) is 111 Å². The molecule has 4 fully saturated rings. The summed E-state index contributed by atoms with van der Waals surface area (Å²) in [7, 11) is 0. The van der Waals surface area contributed by atoms with Crippen molar-refractivity contribution in [2.24, 2.45) is 40.4 Å². The minimum atomic E-state index is -0.116. The highest BCUT2D eigenvalue weighted by molar-refractivity contribution is 5.76. The van der Waals surface area contributed by atoms with Crippen molar-refractivity contribution in [3.8, 4) is 0 Å². The number of amides is 1. The largest absolute Gasteiger partial charge is 0.393 e. The molecule has 1 heterocycles. The van der Waals surface area contributed by atoms with E-state index in [0.29, 0.717) is 35.7 Å². The summed E-state index contributed by atoms with van der Waals surface area (Å²) < 4.78 is 5.74. The molecule has 1 amide bonds. The highest BCUT2D eigenvalue weighted by atomic mass is 16.5. The lowest BCUT2D eigenvalue weighted by atomic mass is 9.47. The first-order valence-electron chi connectivity index (χ1n) is 14.5. The maximum absolute atomic E-state index is 13.0. The summed E-state index contributed by atoms with van der Waals surface area (Å²) in [5, 5.41) is 10.3. The van der Waals surface area contributed by atoms with Crippen LogP contribution in [0.4, 0.5) is 0 Å². The summed E-state index contributed by atoms with van der Waals surface area (Å²) in [5.74, 6) is 4.17. The molecule has 9 atom stereocenters. The third-order valence-corrected chi connectivity index (χ3v) is 11.6. The smallest absolute Gasteiger partial charge is 0.222 e. The Morgan fingerprint density at radius 1 is 1.15 bits per heavy atom. The lowest BCUT2D eigenvalue weighted by Crippen LogP contribution is -2.50. The topological polar surface area (TPSA) is 49.8 Å². The van der Waals surface area contributed by atoms with Gasteiger partial charge < -0.3 is 14.7 Å². The average molecular weight is 472 g/mol. The number of ether oxygens (including phenoxy) is 1. The lowest BCUT2D eigenvalue weighted by molar-refractivity contribution is -0.131. The summed E-state index contributed by atoms with van der Waals surface area (Å²) >= 11 is 0. The van der Waals surface area contributed by atoms with E-state index in [4.69, 9.17) is 4.74 Å². The molecule has 1 saturated heterocycles. The molecule has 34 heavy (non-hydrogen) atoms. The Labute approximate surface area is 207 Å². The zero-order chi connectivity index (χ0) is 24.1. The predicted octanol–water partition coefficient (Wildman–Crippen LogP) is 5.98. The minimum Gasteiger partial charge on any atom is -0.393 e. The van der Waals surface area contributed by atoms with E-state index in [1.54, 1.807) is 5.57 Å². The van der Waals surface area contributed by atoms with E-state index >= 15 is 0 Å². The number of rotatable bonds is 4. The Morgan fingerprint density at radius 3 is 2.79 bits per heavy atom. The molecule has 5 aliphatic rings. The molecule has 0 aromatic heterocycles. The molecule has 1 N–H and O–H groups in total. The Morgan fingerprint density at radius 2 is 1.97 bits per heavy atom. The van der Waals surface area contributed by atoms with Gasteiger partial charge in [0.2, 0.25) is 5.91 Å². The van der Waals surface area contributed by atoms with E-state index in [9.17, 15) is 9.90 Å². The Kier molecular flexibility index (Phi) is 6.96. The second-order valence-corrected chi connectivity index (χ2v) is 13.3. The van der Waals surface area contributed by atoms with Crippen molar-refractivity contribution in [1.82, 2.24) is 4.90 Å². The fourth-order valence-corrected chi connectivity index (χ4v) is 9.47. The number of nitrogens with zero attached hydrogens (tertiary/aromatic N) is 1. The third kappa shape index (κ3) is 4.29. The van der Waals surface area contributed by atoms with Gasteiger partial charge in [0, 0.05) is 19.5 Å². The SMILES string of the molecule is CC(CCC(=O)N1CCO[C@H](C)CC1)[C@H]1CC[C@H]2[C@@H]3CC=C4C[C@@H](O)CC[C@]4(C)[C@H]3CC[C@]12C. The first-order chi connectivity index (χ1) is 16.2. The maximum Gasteiger partial charge on any atom is 0.222 e. The predicted molar refractivity (Wildman–Crippen MR) is 136 cm³/mol. The van der Waals surface area contributed by atoms with E-state index in [1.807, 2.05) is 4.90 Å². The number of hydrogen-bond acceptors (Lipinski definition) is 3. The van der Waals surface area contributed by atoms with Crippen molar-refractivity contribution in [3.63, 3.8) is 0 Å². The summed E-state index contributed by atoms with van der Waals surface area (Å²) in [6.45, 7) is 12.0. The first-order valence-corrected chi connectivity index (χ1v) is 14.5. The Hall–Kier alpha value is -0.870. The molecule has 1 aliphatic heterocycles. The van der Waals surface area contributed by atoms with Gasteiger partial charge in [-0.1, -0.05) is 32.4 Å². The molecule has 0 bridgehead atoms. The fourth-order valence-electron chi connectivity index (χ4n) is 9.47. The highest BCUT2D eigenvalue weighted by Gasteiger charge is 2.59. The third-order valence-electron chi connectivity index (χ3n) is 11.6. The van der Waals surface area contributed by atoms with Crippen molar-refractivity contribution in [3.05, 3.63) is 11.6 Å². The van der Waals surface area contributed by atoms with Crippen LogP contribution in [-0.2, 0) is 9.53 Å². The number of aliphatic hydroxyl groups is 1. The number of carbonyl (C=O) groups is 1. The van der Waals surface area contributed by atoms with Crippen LogP contribution in [0, 0.1) is 40.4 Å². The van der Waals surface area contributed by atoms with Crippen LogP contribution in [0.25, 0.3) is 0 Å². The van der Waals surface area contributed by atoms with Gasteiger partial charge in [0.15, 0.2) is 0 Å². The molecule has 192 valence electrons. The van der Waals surface area contributed by atoms with Crippen LogP contribution in [0.15, 0.2) is 11.6 Å². The molecule has 4 heteroatoms. The van der Waals surface area contributed by atoms with Gasteiger partial charge in [-0.2, -0.15) is 0 Å². The number of aliphatic hydroxyl groups excluding tert-OH is 1. The molecule has 3 saturated carbocycles. The molecule has 0 spiro atoms. The zero-order valence-electron chi connectivity index (χ0n) is 22.2. The van der Waals surface area contributed by atoms with Gasteiger partial charge in [-0.25, -0.2) is 0 Å². The van der Waals surface area contributed by atoms with E-state index in [1.165, 1.54) is 38.5 Å². The Balaban J connectivity index is 1.22. The molecule has 0 radical (unpaired) electrons. The lowest BCUT2D eigenvalue weighted by Gasteiger charge is -2.58. The summed E-state index contributed by atoms with van der Waals surface area (Å²) in [4.78, 5) is 15.0. The molecule has 4 nitrogen and oxygen atoms in total. The molecule has 0 aromatic carbocycles. The summed E-state index contributed by atoms with van der Waals surface area (Å²) in [6.07, 6.45) is 15.1. The number of hydrogen-bond donors (Lipinski definition) is 1. The summed E-state index contributed by atoms with van der Waals surface area (Å²) in [6, 6.07) is 0. The fraction of sp³-hybridized carbons (Fsp3) is 0.900.